The van der Waals surface area contributed by atoms with Crippen LogP contribution in [0.2, 0.25) is 0 Å². The van der Waals surface area contributed by atoms with E-state index in [0.717, 1.165) is 6.42 Å². The Kier molecular flexibility index (Phi) is 7.02. The Morgan fingerprint density at radius 3 is 2.80 bits per heavy atom. The number of hydrogen-bond donors (Lipinski definition) is 0. The van der Waals surface area contributed by atoms with E-state index in [2.05, 4.69) is 11.6 Å². The number of carbonyl (C=O) groups excluding carboxylic acids is 1. The molecule has 2 aromatic rings. The van der Waals surface area contributed by atoms with Crippen molar-refractivity contribution in [3.63, 3.8) is 0 Å². The maximum atomic E-state index is 13.1. The third-order valence-corrected chi connectivity index (χ3v) is 8.13. The average molecular weight is 450 g/mol. The van der Waals surface area contributed by atoms with E-state index in [1.807, 2.05) is 19.9 Å². The fourth-order valence-electron chi connectivity index (χ4n) is 3.75. The van der Waals surface area contributed by atoms with Crippen LogP contribution in [0.1, 0.15) is 26.7 Å². The maximum Gasteiger partial charge on any atom is 0.262 e. The molecular formula is C21H27N3O4S2. The van der Waals surface area contributed by atoms with Gasteiger partial charge in [0.05, 0.1) is 28.2 Å². The van der Waals surface area contributed by atoms with E-state index in [1.165, 1.54) is 16.3 Å². The van der Waals surface area contributed by atoms with E-state index in [0.29, 0.717) is 29.0 Å². The van der Waals surface area contributed by atoms with Crippen molar-refractivity contribution >= 4 is 38.4 Å². The molecule has 0 radical (unpaired) electrons. The largest absolute Gasteiger partial charge is 0.335 e. The molecule has 0 saturated carbocycles. The van der Waals surface area contributed by atoms with E-state index in [4.69, 9.17) is 0 Å². The minimum Gasteiger partial charge on any atom is -0.335 e. The molecule has 9 heteroatoms. The zero-order chi connectivity index (χ0) is 21.9. The Morgan fingerprint density at radius 1 is 1.43 bits per heavy atom. The second-order valence-corrected chi connectivity index (χ2v) is 10.7. The van der Waals surface area contributed by atoms with Crippen LogP contribution >= 0.6 is 11.8 Å². The van der Waals surface area contributed by atoms with Crippen LogP contribution in [0.25, 0.3) is 10.9 Å². The molecule has 2 atom stereocenters. The van der Waals surface area contributed by atoms with Crippen molar-refractivity contribution in [2.24, 2.45) is 0 Å². The van der Waals surface area contributed by atoms with Crippen molar-refractivity contribution < 1.29 is 13.2 Å². The summed E-state index contributed by atoms with van der Waals surface area (Å²) in [6.45, 7) is 7.93. The molecule has 1 aromatic heterocycles. The van der Waals surface area contributed by atoms with Gasteiger partial charge < -0.3 is 4.90 Å². The van der Waals surface area contributed by atoms with Gasteiger partial charge in [-0.2, -0.15) is 0 Å². The summed E-state index contributed by atoms with van der Waals surface area (Å²) >= 11 is 1.20. The minimum atomic E-state index is -3.10. The van der Waals surface area contributed by atoms with Crippen LogP contribution in [-0.2, 0) is 21.2 Å². The first kappa shape index (κ1) is 22.6. The first-order valence-electron chi connectivity index (χ1n) is 10.0. The van der Waals surface area contributed by atoms with Crippen LogP contribution < -0.4 is 5.56 Å². The van der Waals surface area contributed by atoms with E-state index in [9.17, 15) is 18.0 Å². The van der Waals surface area contributed by atoms with Crippen LogP contribution in [0.5, 0.6) is 0 Å². The van der Waals surface area contributed by atoms with E-state index in [1.54, 1.807) is 29.2 Å². The highest BCUT2D eigenvalue weighted by Crippen LogP contribution is 2.24. The SMILES string of the molecule is C=CCn1c(SCC(=O)N([C@@H]2CCS(=O)(=O)C2)[C@H](C)CC)nc2ccccc2c1=O. The second kappa shape index (κ2) is 9.34. The van der Waals surface area contributed by atoms with Crippen molar-refractivity contribution in [3.8, 4) is 0 Å². The molecule has 1 amide bonds. The zero-order valence-corrected chi connectivity index (χ0v) is 18.9. The molecule has 1 aliphatic rings. The lowest BCUT2D eigenvalue weighted by molar-refractivity contribution is -0.132. The number of fused-ring (bicyclic) bond motifs is 1. The van der Waals surface area contributed by atoms with Gasteiger partial charge in [-0.05, 0) is 31.9 Å². The monoisotopic (exact) mass is 449 g/mol. The number of nitrogens with zero attached hydrogens (tertiary/aromatic N) is 3. The Balaban J connectivity index is 1.86. The third kappa shape index (κ3) is 4.78. The molecule has 1 saturated heterocycles. The number of rotatable bonds is 8. The molecule has 7 nitrogen and oxygen atoms in total. The van der Waals surface area contributed by atoms with Crippen LogP contribution in [0.3, 0.4) is 0 Å². The highest BCUT2D eigenvalue weighted by atomic mass is 32.2. The topological polar surface area (TPSA) is 89.3 Å². The van der Waals surface area contributed by atoms with Crippen molar-refractivity contribution in [1.29, 1.82) is 0 Å². The minimum absolute atomic E-state index is 0.0170. The summed E-state index contributed by atoms with van der Waals surface area (Å²) in [5.41, 5.74) is 0.412. The molecule has 1 aromatic carbocycles. The summed E-state index contributed by atoms with van der Waals surface area (Å²) in [4.78, 5) is 32.3. The molecule has 0 unspecified atom stereocenters. The summed E-state index contributed by atoms with van der Waals surface area (Å²) in [6.07, 6.45) is 2.83. The highest BCUT2D eigenvalue weighted by molar-refractivity contribution is 7.99. The number of carbonyl (C=O) groups is 1. The molecule has 162 valence electrons. The molecule has 1 fully saturated rings. The predicted octanol–water partition coefficient (Wildman–Crippen LogP) is 2.49. The summed E-state index contributed by atoms with van der Waals surface area (Å²) < 4.78 is 25.4. The maximum absolute atomic E-state index is 13.1. The number of hydrogen-bond acceptors (Lipinski definition) is 6. The molecule has 30 heavy (non-hydrogen) atoms. The first-order valence-corrected chi connectivity index (χ1v) is 12.8. The summed E-state index contributed by atoms with van der Waals surface area (Å²) in [5.74, 6) is 0.0891. The summed E-state index contributed by atoms with van der Waals surface area (Å²) in [6, 6.07) is 6.76. The van der Waals surface area contributed by atoms with Crippen LogP contribution in [0, 0.1) is 0 Å². The quantitative estimate of drug-likeness (QED) is 0.349. The smallest absolute Gasteiger partial charge is 0.262 e. The van der Waals surface area contributed by atoms with Gasteiger partial charge in [0.15, 0.2) is 15.0 Å². The Hall–Kier alpha value is -2.13. The van der Waals surface area contributed by atoms with Gasteiger partial charge in [0.1, 0.15) is 0 Å². The number of para-hydroxylation sites is 1. The number of thioether (sulfide) groups is 1. The Morgan fingerprint density at radius 2 is 2.17 bits per heavy atom. The van der Waals surface area contributed by atoms with Crippen LogP contribution in [0.4, 0.5) is 0 Å². The fraction of sp³-hybridized carbons (Fsp3) is 0.476. The molecule has 0 N–H and O–H groups in total. The van der Waals surface area contributed by atoms with Gasteiger partial charge in [-0.3, -0.25) is 14.2 Å². The molecule has 0 bridgehead atoms. The number of sulfone groups is 1. The van der Waals surface area contributed by atoms with Gasteiger partial charge in [0.2, 0.25) is 5.91 Å². The van der Waals surface area contributed by atoms with Gasteiger partial charge in [-0.1, -0.05) is 36.9 Å². The molecule has 2 heterocycles. The van der Waals surface area contributed by atoms with E-state index in [-0.39, 0.29) is 40.8 Å². The Bertz CT molecular complexity index is 1110. The number of allylic oxidation sites excluding steroid dienone is 1. The lowest BCUT2D eigenvalue weighted by atomic mass is 10.1. The van der Waals surface area contributed by atoms with Crippen molar-refractivity contribution in [2.75, 3.05) is 17.3 Å². The summed E-state index contributed by atoms with van der Waals surface area (Å²) in [7, 11) is -3.10. The lowest BCUT2D eigenvalue weighted by Gasteiger charge is -2.33. The second-order valence-electron chi connectivity index (χ2n) is 7.52. The molecule has 0 spiro atoms. The molecular weight excluding hydrogens is 422 g/mol. The first-order chi connectivity index (χ1) is 14.3. The molecule has 1 aliphatic heterocycles. The van der Waals surface area contributed by atoms with Gasteiger partial charge >= 0.3 is 0 Å². The number of amides is 1. The predicted molar refractivity (Wildman–Crippen MR) is 121 cm³/mol. The average Bonchev–Trinajstić information content (AvgIpc) is 3.08. The molecule has 3 rings (SSSR count). The zero-order valence-electron chi connectivity index (χ0n) is 17.3. The van der Waals surface area contributed by atoms with Crippen molar-refractivity contribution in [1.82, 2.24) is 14.5 Å². The highest BCUT2D eigenvalue weighted by Gasteiger charge is 2.36. The number of aromatic nitrogens is 2. The van der Waals surface area contributed by atoms with Crippen LogP contribution in [0.15, 0.2) is 46.9 Å². The normalized spacial score (nSPS) is 18.9. The fourth-order valence-corrected chi connectivity index (χ4v) is 6.34. The van der Waals surface area contributed by atoms with Gasteiger partial charge in [0.25, 0.3) is 5.56 Å². The third-order valence-electron chi connectivity index (χ3n) is 5.42. The summed E-state index contributed by atoms with van der Waals surface area (Å²) in [5, 5.41) is 0.975. The van der Waals surface area contributed by atoms with Crippen molar-refractivity contribution in [3.05, 3.63) is 47.3 Å². The van der Waals surface area contributed by atoms with E-state index < -0.39 is 9.84 Å². The number of benzene rings is 1. The molecule has 0 aliphatic carbocycles. The lowest BCUT2D eigenvalue weighted by Crippen LogP contribution is -2.47. The van der Waals surface area contributed by atoms with Crippen LogP contribution in [-0.4, -0.2) is 58.1 Å². The van der Waals surface area contributed by atoms with Gasteiger partial charge in [-0.15, -0.1) is 6.58 Å². The van der Waals surface area contributed by atoms with Gasteiger partial charge in [0, 0.05) is 18.6 Å². The Labute approximate surface area is 181 Å². The van der Waals surface area contributed by atoms with Gasteiger partial charge in [-0.25, -0.2) is 13.4 Å². The van der Waals surface area contributed by atoms with E-state index >= 15 is 0 Å². The standard InChI is InChI=1S/C21H27N3O4S2/c1-4-11-23-20(26)17-8-6-7-9-18(17)22-21(23)29-13-19(25)24(15(3)5-2)16-10-12-30(27,28)14-16/h4,6-9,15-16H,1,5,10-14H2,2-3H3/t15-,16-/m1/s1. The van der Waals surface area contributed by atoms with Crippen molar-refractivity contribution in [2.45, 2.75) is 50.5 Å².